The van der Waals surface area contributed by atoms with Crippen molar-refractivity contribution >= 4 is 23.4 Å². The van der Waals surface area contributed by atoms with Gasteiger partial charge in [-0.1, -0.05) is 17.7 Å². The van der Waals surface area contributed by atoms with E-state index in [-0.39, 0.29) is 11.6 Å². The van der Waals surface area contributed by atoms with E-state index in [1.165, 1.54) is 6.42 Å². The average Bonchev–Trinajstić information content (AvgIpc) is 2.94. The summed E-state index contributed by atoms with van der Waals surface area (Å²) in [7, 11) is 0. The summed E-state index contributed by atoms with van der Waals surface area (Å²) >= 11 is 6.06. The number of hydrogen-bond donors (Lipinski definition) is 1. The number of hydrogen-bond acceptors (Lipinski definition) is 3. The number of anilines is 1. The largest absolute Gasteiger partial charge is 0.371 e. The van der Waals surface area contributed by atoms with Gasteiger partial charge < -0.3 is 9.64 Å². The molecular formula is C18H21ClN4O2. The molecule has 1 aromatic carbocycles. The maximum atomic E-state index is 12.6. The van der Waals surface area contributed by atoms with Crippen molar-refractivity contribution < 1.29 is 9.53 Å². The van der Waals surface area contributed by atoms with Crippen LogP contribution in [0, 0.1) is 6.92 Å². The molecule has 1 spiro atoms. The monoisotopic (exact) mass is 360 g/mol. The highest BCUT2D eigenvalue weighted by atomic mass is 35.5. The van der Waals surface area contributed by atoms with Crippen molar-refractivity contribution in [2.45, 2.75) is 31.8 Å². The van der Waals surface area contributed by atoms with Gasteiger partial charge in [0.2, 0.25) is 0 Å². The first kappa shape index (κ1) is 16.4. The fourth-order valence-corrected chi connectivity index (χ4v) is 3.67. The van der Waals surface area contributed by atoms with Crippen LogP contribution in [0.5, 0.6) is 0 Å². The Morgan fingerprint density at radius 1 is 1.36 bits per heavy atom. The highest BCUT2D eigenvalue weighted by Gasteiger charge is 2.43. The summed E-state index contributed by atoms with van der Waals surface area (Å²) in [6.07, 6.45) is 3.26. The summed E-state index contributed by atoms with van der Waals surface area (Å²) in [6.45, 7) is 3.82. The maximum Gasteiger partial charge on any atom is 0.323 e. The number of halogens is 1. The molecule has 1 saturated heterocycles. The minimum Gasteiger partial charge on any atom is -0.371 e. The Morgan fingerprint density at radius 3 is 2.92 bits per heavy atom. The van der Waals surface area contributed by atoms with E-state index in [4.69, 9.17) is 16.3 Å². The van der Waals surface area contributed by atoms with Crippen LogP contribution in [0.3, 0.4) is 0 Å². The molecule has 4 rings (SSSR count). The van der Waals surface area contributed by atoms with E-state index in [9.17, 15) is 4.79 Å². The van der Waals surface area contributed by atoms with Gasteiger partial charge in [-0.15, -0.1) is 5.10 Å². The first-order chi connectivity index (χ1) is 12.0. The van der Waals surface area contributed by atoms with Crippen LogP contribution in [0.2, 0.25) is 5.02 Å². The Hall–Kier alpha value is -2.05. The van der Waals surface area contributed by atoms with Gasteiger partial charge in [0.05, 0.1) is 24.4 Å². The van der Waals surface area contributed by atoms with Gasteiger partial charge in [-0.25, -0.2) is 9.48 Å². The predicted molar refractivity (Wildman–Crippen MR) is 96.4 cm³/mol. The fourth-order valence-electron chi connectivity index (χ4n) is 3.49. The number of carbonyl (C=O) groups excluding carboxylic acids is 1. The van der Waals surface area contributed by atoms with E-state index in [1.807, 2.05) is 42.2 Å². The molecule has 2 amide bonds. The molecule has 0 unspecified atom stereocenters. The molecule has 2 aromatic rings. The van der Waals surface area contributed by atoms with Crippen molar-refractivity contribution in [1.29, 1.82) is 0 Å². The molecule has 7 heteroatoms. The smallest absolute Gasteiger partial charge is 0.323 e. The zero-order valence-corrected chi connectivity index (χ0v) is 14.9. The number of nitrogens with zero attached hydrogens (tertiary/aromatic N) is 3. The second-order valence-electron chi connectivity index (χ2n) is 6.80. The van der Waals surface area contributed by atoms with Gasteiger partial charge in [0.1, 0.15) is 0 Å². The van der Waals surface area contributed by atoms with Gasteiger partial charge in [-0.05, 0) is 44.4 Å². The standard InChI is InChI=1S/C18H21ClN4O2/c1-13-10-16(21-23(13)15-5-2-4-14(19)11-15)20-17(24)22-8-9-25-18(12-22)6-3-7-18/h2,4-5,10-11H,3,6-9,12H2,1H3,(H,20,21,24). The third-order valence-electron chi connectivity index (χ3n) is 4.98. The number of carbonyl (C=O) groups is 1. The number of aromatic nitrogens is 2. The zero-order chi connectivity index (χ0) is 17.4. The topological polar surface area (TPSA) is 59.4 Å². The second kappa shape index (κ2) is 6.35. The molecule has 2 heterocycles. The Kier molecular flexibility index (Phi) is 4.17. The van der Waals surface area contributed by atoms with Gasteiger partial charge in [0.15, 0.2) is 5.82 Å². The molecule has 0 atom stereocenters. The van der Waals surface area contributed by atoms with E-state index in [0.717, 1.165) is 24.2 Å². The van der Waals surface area contributed by atoms with E-state index < -0.39 is 0 Å². The molecule has 2 fully saturated rings. The lowest BCUT2D eigenvalue weighted by Gasteiger charge is -2.48. The number of aryl methyl sites for hydroxylation is 1. The highest BCUT2D eigenvalue weighted by Crippen LogP contribution is 2.38. The van der Waals surface area contributed by atoms with Crippen LogP contribution < -0.4 is 5.32 Å². The van der Waals surface area contributed by atoms with Crippen molar-refractivity contribution in [2.75, 3.05) is 25.0 Å². The van der Waals surface area contributed by atoms with Gasteiger partial charge >= 0.3 is 6.03 Å². The van der Waals surface area contributed by atoms with Crippen LogP contribution in [0.15, 0.2) is 30.3 Å². The van der Waals surface area contributed by atoms with E-state index in [2.05, 4.69) is 10.4 Å². The molecular weight excluding hydrogens is 340 g/mol. The summed E-state index contributed by atoms with van der Waals surface area (Å²) in [6, 6.07) is 9.21. The van der Waals surface area contributed by atoms with Crippen LogP contribution in [-0.4, -0.2) is 46.0 Å². The Balaban J connectivity index is 1.47. The van der Waals surface area contributed by atoms with Crippen molar-refractivity contribution in [3.8, 4) is 5.69 Å². The van der Waals surface area contributed by atoms with Crippen molar-refractivity contribution in [3.05, 3.63) is 41.0 Å². The predicted octanol–water partition coefficient (Wildman–Crippen LogP) is 3.62. The molecule has 6 nitrogen and oxygen atoms in total. The third-order valence-corrected chi connectivity index (χ3v) is 5.21. The number of rotatable bonds is 2. The van der Waals surface area contributed by atoms with Crippen LogP contribution >= 0.6 is 11.6 Å². The van der Waals surface area contributed by atoms with Gasteiger partial charge in [0, 0.05) is 23.3 Å². The minimum absolute atomic E-state index is 0.106. The lowest BCUT2D eigenvalue weighted by molar-refractivity contribution is -0.140. The van der Waals surface area contributed by atoms with Crippen LogP contribution in [0.1, 0.15) is 25.0 Å². The van der Waals surface area contributed by atoms with Gasteiger partial charge in [-0.2, -0.15) is 0 Å². The number of urea groups is 1. The average molecular weight is 361 g/mol. The van der Waals surface area contributed by atoms with Crippen LogP contribution in [0.4, 0.5) is 10.6 Å². The molecule has 1 N–H and O–H groups in total. The number of benzene rings is 1. The lowest BCUT2D eigenvalue weighted by atomic mass is 9.79. The molecule has 1 saturated carbocycles. The van der Waals surface area contributed by atoms with Crippen LogP contribution in [-0.2, 0) is 4.74 Å². The Morgan fingerprint density at radius 2 is 2.20 bits per heavy atom. The van der Waals surface area contributed by atoms with Crippen molar-refractivity contribution in [3.63, 3.8) is 0 Å². The van der Waals surface area contributed by atoms with Crippen LogP contribution in [0.25, 0.3) is 5.69 Å². The molecule has 1 aromatic heterocycles. The van der Waals surface area contributed by atoms with Crippen molar-refractivity contribution in [1.82, 2.24) is 14.7 Å². The molecule has 0 radical (unpaired) electrons. The summed E-state index contributed by atoms with van der Waals surface area (Å²) in [5.41, 5.74) is 1.69. The molecule has 1 aliphatic heterocycles. The quantitative estimate of drug-likeness (QED) is 0.889. The summed E-state index contributed by atoms with van der Waals surface area (Å²) < 4.78 is 7.64. The SMILES string of the molecule is Cc1cc(NC(=O)N2CCOC3(CCC3)C2)nn1-c1cccc(Cl)c1. The third kappa shape index (κ3) is 3.24. The first-order valence-corrected chi connectivity index (χ1v) is 8.95. The molecule has 0 bridgehead atoms. The normalized spacial score (nSPS) is 18.9. The Bertz CT molecular complexity index is 800. The minimum atomic E-state index is -0.120. The molecule has 2 aliphatic rings. The first-order valence-electron chi connectivity index (χ1n) is 8.57. The molecule has 25 heavy (non-hydrogen) atoms. The highest BCUT2D eigenvalue weighted by molar-refractivity contribution is 6.30. The number of ether oxygens (including phenoxy) is 1. The van der Waals surface area contributed by atoms with Gasteiger partial charge in [-0.3, -0.25) is 5.32 Å². The maximum absolute atomic E-state index is 12.6. The Labute approximate surface area is 151 Å². The number of amides is 2. The number of nitrogens with one attached hydrogen (secondary N) is 1. The van der Waals surface area contributed by atoms with E-state index in [0.29, 0.717) is 30.5 Å². The van der Waals surface area contributed by atoms with E-state index >= 15 is 0 Å². The molecule has 1 aliphatic carbocycles. The van der Waals surface area contributed by atoms with E-state index in [1.54, 1.807) is 4.68 Å². The fraction of sp³-hybridized carbons (Fsp3) is 0.444. The lowest BCUT2D eigenvalue weighted by Crippen LogP contribution is -2.57. The zero-order valence-electron chi connectivity index (χ0n) is 14.2. The second-order valence-corrected chi connectivity index (χ2v) is 7.24. The van der Waals surface area contributed by atoms with Gasteiger partial charge in [0.25, 0.3) is 0 Å². The molecule has 132 valence electrons. The summed E-state index contributed by atoms with van der Waals surface area (Å²) in [4.78, 5) is 14.4. The van der Waals surface area contributed by atoms with Crippen molar-refractivity contribution in [2.24, 2.45) is 0 Å². The summed E-state index contributed by atoms with van der Waals surface area (Å²) in [5.74, 6) is 0.539. The number of morpholine rings is 1. The summed E-state index contributed by atoms with van der Waals surface area (Å²) in [5, 5.41) is 8.05.